The van der Waals surface area contributed by atoms with E-state index < -0.39 is 0 Å². The highest BCUT2D eigenvalue weighted by molar-refractivity contribution is 5.76. The third-order valence-electron chi connectivity index (χ3n) is 4.99. The number of nitrogens with one attached hydrogen (secondary N) is 1. The van der Waals surface area contributed by atoms with E-state index >= 15 is 0 Å². The number of aromatic nitrogens is 2. The molecule has 2 heterocycles. The highest BCUT2D eigenvalue weighted by Gasteiger charge is 2.34. The Bertz CT molecular complexity index is 580. The Hall–Kier alpha value is -1.97. The second kappa shape index (κ2) is 7.53. The number of carbonyl (C=O) groups is 1. The SMILES string of the molecule is O=C(CC1(Cn2cccc2)CCCCC1)NCCn1cccc1. The third kappa shape index (κ3) is 4.50. The molecule has 0 bridgehead atoms. The molecular weight excluding hydrogens is 286 g/mol. The van der Waals surface area contributed by atoms with Gasteiger partial charge in [-0.05, 0) is 42.5 Å². The molecule has 2 aromatic rings. The Labute approximate surface area is 138 Å². The van der Waals surface area contributed by atoms with E-state index in [9.17, 15) is 4.79 Å². The Morgan fingerprint density at radius 2 is 1.52 bits per heavy atom. The monoisotopic (exact) mass is 313 g/mol. The van der Waals surface area contributed by atoms with Gasteiger partial charge in [0.15, 0.2) is 0 Å². The van der Waals surface area contributed by atoms with Crippen LogP contribution in [0, 0.1) is 5.41 Å². The predicted molar refractivity (Wildman–Crippen MR) is 92.0 cm³/mol. The summed E-state index contributed by atoms with van der Waals surface area (Å²) in [6.07, 6.45) is 15.1. The van der Waals surface area contributed by atoms with Gasteiger partial charge in [0.05, 0.1) is 0 Å². The van der Waals surface area contributed by atoms with Crippen molar-refractivity contribution in [3.05, 3.63) is 49.1 Å². The fraction of sp³-hybridized carbons (Fsp3) is 0.526. The van der Waals surface area contributed by atoms with Crippen LogP contribution in [0.2, 0.25) is 0 Å². The summed E-state index contributed by atoms with van der Waals surface area (Å²) in [5.74, 6) is 0.200. The number of nitrogens with zero attached hydrogens (tertiary/aromatic N) is 2. The van der Waals surface area contributed by atoms with E-state index in [1.165, 1.54) is 19.3 Å². The zero-order chi connectivity index (χ0) is 16.0. The van der Waals surface area contributed by atoms with E-state index in [-0.39, 0.29) is 11.3 Å². The summed E-state index contributed by atoms with van der Waals surface area (Å²) in [5.41, 5.74) is 0.134. The van der Waals surface area contributed by atoms with Gasteiger partial charge in [0.2, 0.25) is 5.91 Å². The van der Waals surface area contributed by atoms with Gasteiger partial charge in [-0.15, -0.1) is 0 Å². The van der Waals surface area contributed by atoms with Gasteiger partial charge in [0, 0.05) is 50.8 Å². The average molecular weight is 313 g/mol. The van der Waals surface area contributed by atoms with Crippen LogP contribution in [-0.4, -0.2) is 21.6 Å². The normalized spacial score (nSPS) is 17.0. The first-order valence-corrected chi connectivity index (χ1v) is 8.74. The van der Waals surface area contributed by atoms with Crippen LogP contribution in [0.5, 0.6) is 0 Å². The summed E-state index contributed by atoms with van der Waals surface area (Å²) in [4.78, 5) is 12.4. The molecule has 1 amide bonds. The second-order valence-corrected chi connectivity index (χ2v) is 6.86. The molecule has 0 spiro atoms. The van der Waals surface area contributed by atoms with Gasteiger partial charge < -0.3 is 14.5 Å². The quantitative estimate of drug-likeness (QED) is 0.835. The topological polar surface area (TPSA) is 39.0 Å². The molecule has 2 aromatic heterocycles. The standard InChI is InChI=1S/C19H27N3O/c23-18(20-10-15-21-11-4-5-12-21)16-19(8-2-1-3-9-19)17-22-13-6-7-14-22/h4-7,11-14H,1-3,8-10,15-17H2,(H,20,23). The number of amides is 1. The van der Waals surface area contributed by atoms with Crippen molar-refractivity contribution < 1.29 is 4.79 Å². The van der Waals surface area contributed by atoms with Crippen molar-refractivity contribution in [2.45, 2.75) is 51.6 Å². The molecular formula is C19H27N3O. The molecule has 3 rings (SSSR count). The minimum Gasteiger partial charge on any atom is -0.354 e. The molecule has 0 saturated heterocycles. The summed E-state index contributed by atoms with van der Waals surface area (Å²) in [6.45, 7) is 2.50. The zero-order valence-electron chi connectivity index (χ0n) is 13.8. The molecule has 4 heteroatoms. The van der Waals surface area contributed by atoms with Crippen LogP contribution in [0.4, 0.5) is 0 Å². The Morgan fingerprint density at radius 3 is 2.17 bits per heavy atom. The lowest BCUT2D eigenvalue weighted by Crippen LogP contribution is -2.37. The Balaban J connectivity index is 1.53. The van der Waals surface area contributed by atoms with Crippen LogP contribution >= 0.6 is 0 Å². The van der Waals surface area contributed by atoms with Gasteiger partial charge >= 0.3 is 0 Å². The van der Waals surface area contributed by atoms with E-state index in [1.54, 1.807) is 0 Å². The Kier molecular flexibility index (Phi) is 5.21. The summed E-state index contributed by atoms with van der Waals surface area (Å²) >= 11 is 0. The summed E-state index contributed by atoms with van der Waals surface area (Å²) in [6, 6.07) is 8.15. The maximum Gasteiger partial charge on any atom is 0.220 e. The van der Waals surface area contributed by atoms with Gasteiger partial charge in [-0.3, -0.25) is 4.79 Å². The summed E-state index contributed by atoms with van der Waals surface area (Å²) < 4.78 is 4.33. The van der Waals surface area contributed by atoms with Crippen molar-refractivity contribution in [1.82, 2.24) is 14.5 Å². The molecule has 0 aliphatic heterocycles. The minimum absolute atomic E-state index is 0.134. The number of rotatable bonds is 7. The largest absolute Gasteiger partial charge is 0.354 e. The van der Waals surface area contributed by atoms with Crippen molar-refractivity contribution in [3.8, 4) is 0 Å². The smallest absolute Gasteiger partial charge is 0.220 e. The first kappa shape index (κ1) is 15.9. The fourth-order valence-electron chi connectivity index (χ4n) is 3.80. The van der Waals surface area contributed by atoms with E-state index in [1.807, 2.05) is 24.5 Å². The predicted octanol–water partition coefficient (Wildman–Crippen LogP) is 3.45. The summed E-state index contributed by atoms with van der Waals surface area (Å²) in [7, 11) is 0. The lowest BCUT2D eigenvalue weighted by Gasteiger charge is -2.37. The van der Waals surface area contributed by atoms with E-state index in [0.29, 0.717) is 13.0 Å². The van der Waals surface area contributed by atoms with E-state index in [2.05, 4.69) is 39.0 Å². The molecule has 0 atom stereocenters. The summed E-state index contributed by atoms with van der Waals surface area (Å²) in [5, 5.41) is 3.10. The van der Waals surface area contributed by atoms with Gasteiger partial charge in [0.25, 0.3) is 0 Å². The molecule has 23 heavy (non-hydrogen) atoms. The molecule has 1 saturated carbocycles. The van der Waals surface area contributed by atoms with Crippen LogP contribution < -0.4 is 5.32 Å². The average Bonchev–Trinajstić information content (AvgIpc) is 3.21. The minimum atomic E-state index is 0.134. The molecule has 1 N–H and O–H groups in total. The number of hydrogen-bond acceptors (Lipinski definition) is 1. The number of carbonyl (C=O) groups excluding carboxylic acids is 1. The van der Waals surface area contributed by atoms with Crippen molar-refractivity contribution in [2.75, 3.05) is 6.54 Å². The van der Waals surface area contributed by atoms with E-state index in [4.69, 9.17) is 0 Å². The highest BCUT2D eigenvalue weighted by atomic mass is 16.1. The first-order chi connectivity index (χ1) is 11.3. The van der Waals surface area contributed by atoms with Gasteiger partial charge in [-0.25, -0.2) is 0 Å². The molecule has 1 fully saturated rings. The molecule has 0 unspecified atom stereocenters. The van der Waals surface area contributed by atoms with E-state index in [0.717, 1.165) is 25.9 Å². The maximum atomic E-state index is 12.4. The van der Waals surface area contributed by atoms with Crippen LogP contribution in [0.15, 0.2) is 49.1 Å². The molecule has 4 nitrogen and oxygen atoms in total. The van der Waals surface area contributed by atoms with Crippen molar-refractivity contribution in [2.24, 2.45) is 5.41 Å². The molecule has 124 valence electrons. The van der Waals surface area contributed by atoms with Gasteiger partial charge in [0.1, 0.15) is 0 Å². The second-order valence-electron chi connectivity index (χ2n) is 6.86. The zero-order valence-corrected chi connectivity index (χ0v) is 13.8. The van der Waals surface area contributed by atoms with Gasteiger partial charge in [-0.2, -0.15) is 0 Å². The van der Waals surface area contributed by atoms with Gasteiger partial charge in [-0.1, -0.05) is 19.3 Å². The molecule has 1 aliphatic carbocycles. The molecule has 0 radical (unpaired) electrons. The highest BCUT2D eigenvalue weighted by Crippen LogP contribution is 2.40. The first-order valence-electron chi connectivity index (χ1n) is 8.74. The molecule has 1 aliphatic rings. The van der Waals surface area contributed by atoms with Crippen LogP contribution in [0.25, 0.3) is 0 Å². The fourth-order valence-corrected chi connectivity index (χ4v) is 3.80. The third-order valence-corrected chi connectivity index (χ3v) is 4.99. The van der Waals surface area contributed by atoms with Crippen molar-refractivity contribution >= 4 is 5.91 Å². The van der Waals surface area contributed by atoms with Crippen molar-refractivity contribution in [1.29, 1.82) is 0 Å². The Morgan fingerprint density at radius 1 is 0.913 bits per heavy atom. The number of hydrogen-bond donors (Lipinski definition) is 1. The van der Waals surface area contributed by atoms with Crippen molar-refractivity contribution in [3.63, 3.8) is 0 Å². The lowest BCUT2D eigenvalue weighted by molar-refractivity contribution is -0.124. The lowest BCUT2D eigenvalue weighted by atomic mass is 9.71. The van der Waals surface area contributed by atoms with Crippen LogP contribution in [0.1, 0.15) is 38.5 Å². The van der Waals surface area contributed by atoms with Crippen LogP contribution in [-0.2, 0) is 17.9 Å². The maximum absolute atomic E-state index is 12.4. The van der Waals surface area contributed by atoms with Crippen LogP contribution in [0.3, 0.4) is 0 Å². The molecule has 0 aromatic carbocycles.